The largest absolute Gasteiger partial charge is 0.478 e. The number of aromatic carboxylic acids is 1. The van der Waals surface area contributed by atoms with Gasteiger partial charge in [-0.15, -0.1) is 0 Å². The summed E-state index contributed by atoms with van der Waals surface area (Å²) in [6.45, 7) is 3.77. The van der Waals surface area contributed by atoms with Crippen LogP contribution in [-0.4, -0.2) is 29.0 Å². The van der Waals surface area contributed by atoms with E-state index in [4.69, 9.17) is 5.11 Å². The van der Waals surface area contributed by atoms with Crippen molar-refractivity contribution in [1.82, 2.24) is 14.3 Å². The van der Waals surface area contributed by atoms with E-state index in [1.807, 2.05) is 13.8 Å². The molecule has 1 aromatic carbocycles. The molecule has 2 aromatic rings. The lowest BCUT2D eigenvalue weighted by Crippen LogP contribution is -2.33. The van der Waals surface area contributed by atoms with Gasteiger partial charge in [-0.05, 0) is 24.1 Å². The SMILES string of the molecule is CC(C)[C@@H](NS(=O)(=O)c1cccc(C(=O)O)c1)c1nccn1C. The van der Waals surface area contributed by atoms with Gasteiger partial charge >= 0.3 is 5.97 Å². The van der Waals surface area contributed by atoms with E-state index in [-0.39, 0.29) is 16.4 Å². The lowest BCUT2D eigenvalue weighted by molar-refractivity contribution is 0.0696. The number of aromatic nitrogens is 2. The molecule has 0 amide bonds. The van der Waals surface area contributed by atoms with Crippen LogP contribution in [-0.2, 0) is 17.1 Å². The summed E-state index contributed by atoms with van der Waals surface area (Å²) in [5.74, 6) is -0.613. The van der Waals surface area contributed by atoms with Crippen LogP contribution in [0.2, 0.25) is 0 Å². The molecular weight excluding hydrogens is 318 g/mol. The van der Waals surface area contributed by atoms with Crippen LogP contribution >= 0.6 is 0 Å². The summed E-state index contributed by atoms with van der Waals surface area (Å²) in [7, 11) is -2.08. The Hall–Kier alpha value is -2.19. The molecule has 1 aromatic heterocycles. The molecule has 0 unspecified atom stereocenters. The van der Waals surface area contributed by atoms with Gasteiger partial charge in [0.2, 0.25) is 10.0 Å². The molecule has 124 valence electrons. The number of aryl methyl sites for hydroxylation is 1. The van der Waals surface area contributed by atoms with E-state index in [0.29, 0.717) is 5.82 Å². The van der Waals surface area contributed by atoms with E-state index in [0.717, 1.165) is 6.07 Å². The average molecular weight is 337 g/mol. The molecule has 23 heavy (non-hydrogen) atoms. The van der Waals surface area contributed by atoms with Gasteiger partial charge in [0, 0.05) is 19.4 Å². The highest BCUT2D eigenvalue weighted by atomic mass is 32.2. The highest BCUT2D eigenvalue weighted by Gasteiger charge is 2.27. The minimum Gasteiger partial charge on any atom is -0.478 e. The smallest absolute Gasteiger partial charge is 0.335 e. The Morgan fingerprint density at radius 1 is 1.35 bits per heavy atom. The van der Waals surface area contributed by atoms with Crippen molar-refractivity contribution in [2.75, 3.05) is 0 Å². The molecule has 0 aliphatic heterocycles. The molecule has 0 saturated carbocycles. The van der Waals surface area contributed by atoms with Gasteiger partial charge in [-0.25, -0.2) is 22.9 Å². The number of imidazole rings is 1. The first-order valence-electron chi connectivity index (χ1n) is 7.05. The van der Waals surface area contributed by atoms with Crippen molar-refractivity contribution < 1.29 is 18.3 Å². The molecule has 0 aliphatic rings. The molecule has 0 saturated heterocycles. The van der Waals surface area contributed by atoms with Gasteiger partial charge in [0.05, 0.1) is 16.5 Å². The van der Waals surface area contributed by atoms with Crippen molar-refractivity contribution >= 4 is 16.0 Å². The maximum atomic E-state index is 12.6. The standard InChI is InChI=1S/C15H19N3O4S/c1-10(2)13(14-16-7-8-18(14)3)17-23(21,22)12-6-4-5-11(9-12)15(19)20/h4-10,13,17H,1-3H3,(H,19,20)/t13-/m1/s1. The number of carboxylic acid groups (broad SMARTS) is 1. The predicted octanol–water partition coefficient (Wildman–Crippen LogP) is 1.79. The van der Waals surface area contributed by atoms with Crippen molar-refractivity contribution in [3.63, 3.8) is 0 Å². The number of nitrogens with zero attached hydrogens (tertiary/aromatic N) is 2. The van der Waals surface area contributed by atoms with Crippen molar-refractivity contribution in [2.24, 2.45) is 13.0 Å². The zero-order chi connectivity index (χ0) is 17.2. The van der Waals surface area contributed by atoms with Crippen LogP contribution in [0.15, 0.2) is 41.6 Å². The van der Waals surface area contributed by atoms with E-state index < -0.39 is 22.0 Å². The number of hydrogen-bond acceptors (Lipinski definition) is 4. The number of nitrogens with one attached hydrogen (secondary N) is 1. The third-order valence-corrected chi connectivity index (χ3v) is 4.92. The van der Waals surface area contributed by atoms with Crippen LogP contribution in [0, 0.1) is 5.92 Å². The highest BCUT2D eigenvalue weighted by molar-refractivity contribution is 7.89. The van der Waals surface area contributed by atoms with Gasteiger partial charge in [-0.1, -0.05) is 19.9 Å². The van der Waals surface area contributed by atoms with Crippen LogP contribution in [0.5, 0.6) is 0 Å². The Bertz CT molecular complexity index is 812. The Labute approximate surface area is 135 Å². The summed E-state index contributed by atoms with van der Waals surface area (Å²) < 4.78 is 29.5. The number of sulfonamides is 1. The Morgan fingerprint density at radius 2 is 2.04 bits per heavy atom. The fraction of sp³-hybridized carbons (Fsp3) is 0.333. The van der Waals surface area contributed by atoms with Crippen molar-refractivity contribution in [3.8, 4) is 0 Å². The van der Waals surface area contributed by atoms with Crippen LogP contribution in [0.4, 0.5) is 0 Å². The molecule has 0 bridgehead atoms. The summed E-state index contributed by atoms with van der Waals surface area (Å²) in [6, 6.07) is 4.74. The molecule has 7 nitrogen and oxygen atoms in total. The van der Waals surface area contributed by atoms with Gasteiger partial charge < -0.3 is 9.67 Å². The average Bonchev–Trinajstić information content (AvgIpc) is 2.90. The van der Waals surface area contributed by atoms with Crippen LogP contribution in [0.3, 0.4) is 0 Å². The van der Waals surface area contributed by atoms with Gasteiger partial charge in [0.15, 0.2) is 0 Å². The normalized spacial score (nSPS) is 13.2. The minimum absolute atomic E-state index is 0.0338. The first-order chi connectivity index (χ1) is 10.7. The zero-order valence-corrected chi connectivity index (χ0v) is 13.9. The monoisotopic (exact) mass is 337 g/mol. The van der Waals surface area contributed by atoms with E-state index in [2.05, 4.69) is 9.71 Å². The molecule has 0 fully saturated rings. The third-order valence-electron chi connectivity index (χ3n) is 3.48. The predicted molar refractivity (Wildman–Crippen MR) is 84.5 cm³/mol. The minimum atomic E-state index is -3.87. The molecule has 8 heteroatoms. The summed E-state index contributed by atoms with van der Waals surface area (Å²) in [5, 5.41) is 9.00. The van der Waals surface area contributed by atoms with Crippen molar-refractivity contribution in [1.29, 1.82) is 0 Å². The van der Waals surface area contributed by atoms with Crippen LogP contribution in [0.25, 0.3) is 0 Å². The lowest BCUT2D eigenvalue weighted by atomic mass is 10.1. The quantitative estimate of drug-likeness (QED) is 0.837. The van der Waals surface area contributed by atoms with Crippen LogP contribution in [0.1, 0.15) is 36.1 Å². The number of benzene rings is 1. The second-order valence-corrected chi connectivity index (χ2v) is 7.29. The molecule has 1 atom stereocenters. The lowest BCUT2D eigenvalue weighted by Gasteiger charge is -2.22. The van der Waals surface area contributed by atoms with Crippen molar-refractivity contribution in [3.05, 3.63) is 48.0 Å². The topological polar surface area (TPSA) is 101 Å². The maximum Gasteiger partial charge on any atom is 0.335 e. The van der Waals surface area contributed by atoms with E-state index >= 15 is 0 Å². The number of carbonyl (C=O) groups is 1. The van der Waals surface area contributed by atoms with E-state index in [1.54, 1.807) is 24.0 Å². The summed E-state index contributed by atoms with van der Waals surface area (Å²) >= 11 is 0. The van der Waals surface area contributed by atoms with Crippen molar-refractivity contribution in [2.45, 2.75) is 24.8 Å². The van der Waals surface area contributed by atoms with Crippen LogP contribution < -0.4 is 4.72 Å². The molecule has 0 radical (unpaired) electrons. The fourth-order valence-electron chi connectivity index (χ4n) is 2.20. The second-order valence-electron chi connectivity index (χ2n) is 5.57. The van der Waals surface area contributed by atoms with E-state index in [9.17, 15) is 13.2 Å². The molecule has 2 N–H and O–H groups in total. The third kappa shape index (κ3) is 3.77. The zero-order valence-electron chi connectivity index (χ0n) is 13.1. The summed E-state index contributed by atoms with van der Waals surface area (Å²) in [5.41, 5.74) is -0.0778. The maximum absolute atomic E-state index is 12.6. The number of rotatable bonds is 6. The molecule has 0 spiro atoms. The number of carboxylic acids is 1. The summed E-state index contributed by atoms with van der Waals surface area (Å²) in [6.07, 6.45) is 3.34. The van der Waals surface area contributed by atoms with Gasteiger partial charge in [0.1, 0.15) is 5.82 Å². The van der Waals surface area contributed by atoms with Gasteiger partial charge in [-0.3, -0.25) is 0 Å². The summed E-state index contributed by atoms with van der Waals surface area (Å²) in [4.78, 5) is 15.1. The highest BCUT2D eigenvalue weighted by Crippen LogP contribution is 2.23. The number of hydrogen-bond donors (Lipinski definition) is 2. The Kier molecular flexibility index (Phi) is 4.86. The fourth-order valence-corrected chi connectivity index (χ4v) is 3.58. The van der Waals surface area contributed by atoms with Gasteiger partial charge in [-0.2, -0.15) is 0 Å². The molecule has 0 aliphatic carbocycles. The Morgan fingerprint density at radius 3 is 2.57 bits per heavy atom. The molecule has 1 heterocycles. The van der Waals surface area contributed by atoms with Gasteiger partial charge in [0.25, 0.3) is 0 Å². The molecular formula is C15H19N3O4S. The molecule has 2 rings (SSSR count). The van der Waals surface area contributed by atoms with E-state index in [1.165, 1.54) is 18.2 Å². The second kappa shape index (κ2) is 6.51. The first kappa shape index (κ1) is 17.2. The first-order valence-corrected chi connectivity index (χ1v) is 8.53. The Balaban J connectivity index is 2.37.